The second-order valence-corrected chi connectivity index (χ2v) is 17.5. The molecule has 3 heterocycles. The van der Waals surface area contributed by atoms with E-state index >= 15 is 0 Å². The van der Waals surface area contributed by atoms with Gasteiger partial charge in [0.2, 0.25) is 5.91 Å². The number of hydrogen-bond acceptors (Lipinski definition) is 9. The van der Waals surface area contributed by atoms with Crippen LogP contribution in [0.1, 0.15) is 108 Å². The first-order valence-corrected chi connectivity index (χ1v) is 20.3. The Hall–Kier alpha value is -4.69. The maximum absolute atomic E-state index is 14.1. The van der Waals surface area contributed by atoms with Crippen molar-refractivity contribution in [3.63, 3.8) is 0 Å². The molecule has 3 aromatic rings. The quantitative estimate of drug-likeness (QED) is 0.101. The third-order valence-corrected chi connectivity index (χ3v) is 11.9. The van der Waals surface area contributed by atoms with Gasteiger partial charge in [0.25, 0.3) is 0 Å². The van der Waals surface area contributed by atoms with Crippen LogP contribution in [0.4, 0.5) is 10.1 Å². The van der Waals surface area contributed by atoms with E-state index in [0.717, 1.165) is 16.7 Å². The minimum absolute atomic E-state index is 0.0720. The van der Waals surface area contributed by atoms with Gasteiger partial charge in [-0.05, 0) is 113 Å². The molecule has 59 heavy (non-hydrogen) atoms. The van der Waals surface area contributed by atoms with Gasteiger partial charge in [-0.3, -0.25) is 19.2 Å². The number of carbonyl (C=O) groups excluding carboxylic acids is 2. The predicted octanol–water partition coefficient (Wildman–Crippen LogP) is 7.97. The SMILES string of the molecule is CC(=O)O[C@@H](CC[C@H]1C(=O)N(c2ccc(CCC3(CC(=O)O)COC(C)(C)OC3)cc2)[C@@H]1c1ccc(CCC2(CC(=O)O)COC(C)(C)OC2)cc1)c1ccc(F)cc1. The number of benzene rings is 3. The first-order chi connectivity index (χ1) is 27.9. The summed E-state index contributed by atoms with van der Waals surface area (Å²) in [5.41, 5.74) is 2.92. The van der Waals surface area contributed by atoms with Crippen LogP contribution >= 0.6 is 0 Å². The Morgan fingerprint density at radius 3 is 1.64 bits per heavy atom. The number of halogens is 1. The molecule has 0 saturated carbocycles. The van der Waals surface area contributed by atoms with Gasteiger partial charge < -0.3 is 38.8 Å². The normalized spacial score (nSPS) is 22.2. The highest BCUT2D eigenvalue weighted by Crippen LogP contribution is 2.47. The lowest BCUT2D eigenvalue weighted by atomic mass is 9.77. The zero-order valence-electron chi connectivity index (χ0n) is 34.5. The molecule has 318 valence electrons. The van der Waals surface area contributed by atoms with E-state index in [0.29, 0.717) is 49.8 Å². The third-order valence-electron chi connectivity index (χ3n) is 11.9. The Morgan fingerprint density at radius 2 is 1.20 bits per heavy atom. The molecular formula is C46H56FNO11. The number of β-lactam (4-membered cyclic amide) rings is 1. The molecule has 0 aromatic heterocycles. The van der Waals surface area contributed by atoms with E-state index < -0.39 is 58.2 Å². The molecule has 3 atom stereocenters. The van der Waals surface area contributed by atoms with Crippen LogP contribution in [0.3, 0.4) is 0 Å². The number of carboxylic acids is 2. The summed E-state index contributed by atoms with van der Waals surface area (Å²) >= 11 is 0. The summed E-state index contributed by atoms with van der Waals surface area (Å²) in [6, 6.07) is 21.2. The Labute approximate surface area is 344 Å². The molecule has 3 fully saturated rings. The summed E-state index contributed by atoms with van der Waals surface area (Å²) in [5, 5.41) is 19.4. The third kappa shape index (κ3) is 11.1. The lowest BCUT2D eigenvalue weighted by molar-refractivity contribution is -0.287. The summed E-state index contributed by atoms with van der Waals surface area (Å²) in [5.74, 6) is -4.76. The summed E-state index contributed by atoms with van der Waals surface area (Å²) in [6.45, 7) is 9.68. The van der Waals surface area contributed by atoms with Crippen LogP contribution in [0.25, 0.3) is 0 Å². The van der Waals surface area contributed by atoms with Crippen LogP contribution in [-0.2, 0) is 55.7 Å². The number of nitrogens with zero attached hydrogens (tertiary/aromatic N) is 1. The van der Waals surface area contributed by atoms with Crippen molar-refractivity contribution in [2.24, 2.45) is 16.7 Å². The minimum Gasteiger partial charge on any atom is -0.481 e. The monoisotopic (exact) mass is 817 g/mol. The molecule has 0 aliphatic carbocycles. The van der Waals surface area contributed by atoms with Crippen LogP contribution in [0.2, 0.25) is 0 Å². The highest BCUT2D eigenvalue weighted by atomic mass is 19.1. The molecule has 0 spiro atoms. The molecule has 13 heteroatoms. The first kappa shape index (κ1) is 43.9. The standard InChI is InChI=1S/C46H56FNO11/c1-30(49)59-38(33-12-14-35(47)15-13-33)19-18-37-41(34-10-6-31(7-11-34)20-22-45(24-39(50)51)26-55-43(2,3)56-27-45)48(42(37)54)36-16-8-32(9-17-36)21-23-46(25-40(52)53)28-57-44(4,5)58-29-46/h6-17,37-38,41H,18-29H2,1-5H3,(H,50,51)(H,52,53)/t37-,38+,41-/m1/s1. The summed E-state index contributed by atoms with van der Waals surface area (Å²) in [4.78, 5) is 51.6. The van der Waals surface area contributed by atoms with Gasteiger partial charge in [0, 0.05) is 23.4 Å². The average molecular weight is 818 g/mol. The molecule has 0 unspecified atom stereocenters. The van der Waals surface area contributed by atoms with Gasteiger partial charge in [0.05, 0.1) is 51.2 Å². The van der Waals surface area contributed by atoms with Crippen LogP contribution in [0.15, 0.2) is 72.8 Å². The summed E-state index contributed by atoms with van der Waals surface area (Å²) in [6.07, 6.45) is 2.22. The Balaban J connectivity index is 1.20. The average Bonchev–Trinajstić information content (AvgIpc) is 3.18. The Morgan fingerprint density at radius 1 is 0.746 bits per heavy atom. The first-order valence-electron chi connectivity index (χ1n) is 20.3. The van der Waals surface area contributed by atoms with E-state index in [1.165, 1.54) is 19.1 Å². The van der Waals surface area contributed by atoms with Crippen LogP contribution in [0.5, 0.6) is 0 Å². The zero-order chi connectivity index (χ0) is 42.6. The van der Waals surface area contributed by atoms with Crippen LogP contribution in [0, 0.1) is 22.6 Å². The summed E-state index contributed by atoms with van der Waals surface area (Å²) in [7, 11) is 0. The fraction of sp³-hybridized carbons (Fsp3) is 0.522. The van der Waals surface area contributed by atoms with Gasteiger partial charge in [-0.25, -0.2) is 4.39 Å². The molecule has 6 rings (SSSR count). The lowest BCUT2D eigenvalue weighted by Crippen LogP contribution is -2.55. The van der Waals surface area contributed by atoms with Gasteiger partial charge in [-0.15, -0.1) is 0 Å². The largest absolute Gasteiger partial charge is 0.481 e. The highest BCUT2D eigenvalue weighted by molar-refractivity contribution is 6.03. The number of esters is 1. The van der Waals surface area contributed by atoms with Crippen LogP contribution < -0.4 is 4.90 Å². The van der Waals surface area contributed by atoms with Gasteiger partial charge in [0.15, 0.2) is 11.6 Å². The van der Waals surface area contributed by atoms with Crippen molar-refractivity contribution >= 4 is 29.5 Å². The van der Waals surface area contributed by atoms with Crippen molar-refractivity contribution in [2.45, 2.75) is 110 Å². The van der Waals surface area contributed by atoms with Crippen molar-refractivity contribution in [3.05, 3.63) is 101 Å². The van der Waals surface area contributed by atoms with Crippen molar-refractivity contribution in [3.8, 4) is 0 Å². The number of ether oxygens (including phenoxy) is 5. The minimum atomic E-state index is -0.909. The molecule has 0 bridgehead atoms. The molecule has 3 aromatic carbocycles. The van der Waals surface area contributed by atoms with E-state index in [4.69, 9.17) is 23.7 Å². The van der Waals surface area contributed by atoms with Crippen molar-refractivity contribution in [2.75, 3.05) is 31.3 Å². The fourth-order valence-corrected chi connectivity index (χ4v) is 8.31. The van der Waals surface area contributed by atoms with E-state index in [-0.39, 0.29) is 51.2 Å². The molecule has 0 radical (unpaired) electrons. The number of carbonyl (C=O) groups is 4. The fourth-order valence-electron chi connectivity index (χ4n) is 8.31. The number of carboxylic acid groups (broad SMARTS) is 2. The van der Waals surface area contributed by atoms with Crippen molar-refractivity contribution in [1.82, 2.24) is 0 Å². The number of amides is 1. The van der Waals surface area contributed by atoms with Crippen LogP contribution in [-0.4, -0.2) is 72.0 Å². The molecule has 12 nitrogen and oxygen atoms in total. The van der Waals surface area contributed by atoms with E-state index in [1.54, 1.807) is 17.0 Å². The molecular weight excluding hydrogens is 762 g/mol. The number of hydrogen-bond donors (Lipinski definition) is 2. The Bertz CT molecular complexity index is 1940. The van der Waals surface area contributed by atoms with E-state index in [2.05, 4.69) is 0 Å². The zero-order valence-corrected chi connectivity index (χ0v) is 34.5. The van der Waals surface area contributed by atoms with Gasteiger partial charge in [-0.1, -0.05) is 48.5 Å². The molecule has 2 N–H and O–H groups in total. The number of rotatable bonds is 17. The van der Waals surface area contributed by atoms with E-state index in [9.17, 15) is 33.8 Å². The molecule has 3 aliphatic rings. The molecule has 3 aliphatic heterocycles. The van der Waals surface area contributed by atoms with Crippen molar-refractivity contribution < 1.29 is 57.5 Å². The number of aliphatic carboxylic acids is 2. The summed E-state index contributed by atoms with van der Waals surface area (Å²) < 4.78 is 42.9. The van der Waals surface area contributed by atoms with Gasteiger partial charge >= 0.3 is 17.9 Å². The van der Waals surface area contributed by atoms with Gasteiger partial charge in [-0.2, -0.15) is 0 Å². The maximum atomic E-state index is 14.1. The second-order valence-electron chi connectivity index (χ2n) is 17.5. The Kier molecular flexibility index (Phi) is 13.3. The van der Waals surface area contributed by atoms with E-state index in [1.807, 2.05) is 76.2 Å². The lowest BCUT2D eigenvalue weighted by Gasteiger charge is -2.48. The second kappa shape index (κ2) is 17.9. The topological polar surface area (TPSA) is 158 Å². The highest BCUT2D eigenvalue weighted by Gasteiger charge is 2.49. The maximum Gasteiger partial charge on any atom is 0.304 e. The molecule has 1 amide bonds. The number of anilines is 1. The number of aryl methyl sites for hydroxylation is 2. The smallest absolute Gasteiger partial charge is 0.304 e. The molecule has 3 saturated heterocycles. The van der Waals surface area contributed by atoms with Gasteiger partial charge in [0.1, 0.15) is 11.9 Å². The predicted molar refractivity (Wildman–Crippen MR) is 215 cm³/mol. The van der Waals surface area contributed by atoms with Crippen molar-refractivity contribution in [1.29, 1.82) is 0 Å².